The van der Waals surface area contributed by atoms with Crippen LogP contribution < -0.4 is 14.4 Å². The molecule has 4 rings (SSSR count). The lowest BCUT2D eigenvalue weighted by Gasteiger charge is -2.27. The molecule has 0 spiro atoms. The molecule has 2 aromatic carbocycles. The lowest BCUT2D eigenvalue weighted by Crippen LogP contribution is -2.36. The highest BCUT2D eigenvalue weighted by molar-refractivity contribution is 6.04. The molecule has 3 N–H and O–H groups in total. The Bertz CT molecular complexity index is 961. The van der Waals surface area contributed by atoms with Crippen LogP contribution >= 0.6 is 0 Å². The van der Waals surface area contributed by atoms with Gasteiger partial charge in [-0.15, -0.1) is 0 Å². The summed E-state index contributed by atoms with van der Waals surface area (Å²) in [5.74, 6) is 1.65. The molecule has 0 saturated carbocycles. The number of H-pyrrole nitrogens is 1. The first-order valence-electron chi connectivity index (χ1n) is 9.30. The summed E-state index contributed by atoms with van der Waals surface area (Å²) < 4.78 is 10.8. The Balaban J connectivity index is 1.78. The molecule has 146 valence electrons. The van der Waals surface area contributed by atoms with Crippen LogP contribution in [0.25, 0.3) is 11.0 Å². The second-order valence-electron chi connectivity index (χ2n) is 6.91. The van der Waals surface area contributed by atoms with Crippen LogP contribution in [-0.4, -0.2) is 47.3 Å². The summed E-state index contributed by atoms with van der Waals surface area (Å²) in [5.41, 5.74) is 2.48. The number of fused-ring (bicyclic) bond motifs is 1. The highest BCUT2D eigenvalue weighted by Gasteiger charge is 2.47. The van der Waals surface area contributed by atoms with E-state index in [1.807, 2.05) is 48.2 Å². The van der Waals surface area contributed by atoms with Gasteiger partial charge in [0.25, 0.3) is 0 Å². The predicted octanol–water partition coefficient (Wildman–Crippen LogP) is 3.30. The smallest absolute Gasteiger partial charge is 0.124 e. The van der Waals surface area contributed by atoms with Gasteiger partial charge in [-0.3, -0.25) is 5.41 Å². The van der Waals surface area contributed by atoms with E-state index in [0.717, 1.165) is 16.7 Å². The van der Waals surface area contributed by atoms with Gasteiger partial charge in [0, 0.05) is 23.9 Å². The SMILES string of the molecule is CCC1C(O)C(c2nc3ccccc3[nH]2)C(=N)N1c1cc(OC)cc(OC)c1. The third kappa shape index (κ3) is 2.88. The molecule has 0 radical (unpaired) electrons. The Morgan fingerprint density at radius 3 is 2.43 bits per heavy atom. The maximum atomic E-state index is 11.1. The van der Waals surface area contributed by atoms with Crippen molar-refractivity contribution in [1.29, 1.82) is 5.41 Å². The van der Waals surface area contributed by atoms with E-state index in [-0.39, 0.29) is 6.04 Å². The van der Waals surface area contributed by atoms with Crippen molar-refractivity contribution >= 4 is 22.6 Å². The molecule has 1 saturated heterocycles. The maximum absolute atomic E-state index is 11.1. The standard InChI is InChI=1S/C21H24N4O3/c1-4-17-19(26)18(21-23-15-7-5-6-8-16(15)24-21)20(22)25(17)12-9-13(27-2)11-14(10-12)28-3/h5-11,17-19,22,26H,4H2,1-3H3,(H,23,24). The molecule has 3 unspecified atom stereocenters. The average molecular weight is 380 g/mol. The summed E-state index contributed by atoms with van der Waals surface area (Å²) in [5, 5.41) is 19.9. The molecule has 1 aliphatic heterocycles. The summed E-state index contributed by atoms with van der Waals surface area (Å²) in [6.45, 7) is 2.01. The number of hydrogen-bond donors (Lipinski definition) is 3. The van der Waals surface area contributed by atoms with Gasteiger partial charge in [-0.1, -0.05) is 19.1 Å². The van der Waals surface area contributed by atoms with Crippen LogP contribution in [0.3, 0.4) is 0 Å². The minimum Gasteiger partial charge on any atom is -0.497 e. The Hall–Kier alpha value is -3.06. The van der Waals surface area contributed by atoms with E-state index in [1.54, 1.807) is 20.3 Å². The zero-order valence-corrected chi connectivity index (χ0v) is 16.1. The second kappa shape index (κ2) is 7.16. The first kappa shape index (κ1) is 18.3. The normalized spacial score (nSPS) is 22.1. The molecular weight excluding hydrogens is 356 g/mol. The Morgan fingerprint density at radius 2 is 1.82 bits per heavy atom. The number of aromatic nitrogens is 2. The van der Waals surface area contributed by atoms with Gasteiger partial charge < -0.3 is 24.5 Å². The molecule has 0 bridgehead atoms. The summed E-state index contributed by atoms with van der Waals surface area (Å²) in [4.78, 5) is 9.75. The number of nitrogens with one attached hydrogen (secondary N) is 2. The van der Waals surface area contributed by atoms with Crippen molar-refractivity contribution < 1.29 is 14.6 Å². The van der Waals surface area contributed by atoms with Gasteiger partial charge in [-0.2, -0.15) is 0 Å². The molecule has 1 aromatic heterocycles. The molecule has 0 aliphatic carbocycles. The maximum Gasteiger partial charge on any atom is 0.124 e. The lowest BCUT2D eigenvalue weighted by atomic mass is 9.99. The number of methoxy groups -OCH3 is 2. The minimum atomic E-state index is -0.754. The summed E-state index contributed by atoms with van der Waals surface area (Å²) in [7, 11) is 3.19. The predicted molar refractivity (Wildman–Crippen MR) is 109 cm³/mol. The molecule has 3 aromatic rings. The average Bonchev–Trinajstić information content (AvgIpc) is 3.24. The Morgan fingerprint density at radius 1 is 1.14 bits per heavy atom. The van der Waals surface area contributed by atoms with Gasteiger partial charge in [0.2, 0.25) is 0 Å². The molecule has 0 amide bonds. The lowest BCUT2D eigenvalue weighted by molar-refractivity contribution is 0.148. The van der Waals surface area contributed by atoms with Crippen molar-refractivity contribution in [2.75, 3.05) is 19.1 Å². The molecule has 2 heterocycles. The van der Waals surface area contributed by atoms with Crippen molar-refractivity contribution in [1.82, 2.24) is 9.97 Å². The topological polar surface area (TPSA) is 94.5 Å². The van der Waals surface area contributed by atoms with Gasteiger partial charge in [0.1, 0.15) is 29.1 Å². The van der Waals surface area contributed by atoms with Crippen LogP contribution in [0.15, 0.2) is 42.5 Å². The second-order valence-corrected chi connectivity index (χ2v) is 6.91. The van der Waals surface area contributed by atoms with Gasteiger partial charge in [0.15, 0.2) is 0 Å². The van der Waals surface area contributed by atoms with Crippen molar-refractivity contribution in [2.45, 2.75) is 31.4 Å². The summed E-state index contributed by atoms with van der Waals surface area (Å²) in [6.07, 6.45) is -0.0740. The number of rotatable bonds is 5. The third-order valence-corrected chi connectivity index (χ3v) is 5.36. The number of amidine groups is 1. The molecule has 7 heteroatoms. The zero-order valence-electron chi connectivity index (χ0n) is 16.1. The number of ether oxygens (including phenoxy) is 2. The van der Waals surface area contributed by atoms with E-state index in [1.165, 1.54) is 0 Å². The van der Waals surface area contributed by atoms with E-state index in [0.29, 0.717) is 29.6 Å². The fraction of sp³-hybridized carbons (Fsp3) is 0.333. The zero-order chi connectivity index (χ0) is 19.8. The fourth-order valence-electron chi connectivity index (χ4n) is 3.96. The van der Waals surface area contributed by atoms with Crippen LogP contribution in [0.4, 0.5) is 5.69 Å². The van der Waals surface area contributed by atoms with E-state index in [9.17, 15) is 5.11 Å². The number of nitrogens with zero attached hydrogens (tertiary/aromatic N) is 2. The third-order valence-electron chi connectivity index (χ3n) is 5.36. The van der Waals surface area contributed by atoms with Crippen LogP contribution in [0.1, 0.15) is 25.1 Å². The summed E-state index contributed by atoms with van der Waals surface area (Å²) in [6, 6.07) is 13.0. The van der Waals surface area contributed by atoms with E-state index < -0.39 is 12.0 Å². The van der Waals surface area contributed by atoms with Crippen molar-refractivity contribution in [3.05, 3.63) is 48.3 Å². The minimum absolute atomic E-state index is 0.248. The van der Waals surface area contributed by atoms with Gasteiger partial charge in [-0.25, -0.2) is 4.98 Å². The highest BCUT2D eigenvalue weighted by Crippen LogP contribution is 2.40. The molecule has 28 heavy (non-hydrogen) atoms. The van der Waals surface area contributed by atoms with E-state index in [4.69, 9.17) is 14.9 Å². The number of aliphatic hydroxyl groups excluding tert-OH is 1. The molecule has 7 nitrogen and oxygen atoms in total. The van der Waals surface area contributed by atoms with Crippen molar-refractivity contribution in [3.63, 3.8) is 0 Å². The quantitative estimate of drug-likeness (QED) is 0.631. The van der Waals surface area contributed by atoms with Gasteiger partial charge >= 0.3 is 0 Å². The largest absolute Gasteiger partial charge is 0.497 e. The fourth-order valence-corrected chi connectivity index (χ4v) is 3.96. The Kier molecular flexibility index (Phi) is 4.68. The number of imidazole rings is 1. The molecule has 1 fully saturated rings. The molecule has 1 aliphatic rings. The number of anilines is 1. The van der Waals surface area contributed by atoms with Crippen LogP contribution in [0.2, 0.25) is 0 Å². The van der Waals surface area contributed by atoms with Crippen LogP contribution in [0.5, 0.6) is 11.5 Å². The first-order chi connectivity index (χ1) is 13.6. The van der Waals surface area contributed by atoms with E-state index in [2.05, 4.69) is 9.97 Å². The molecule has 3 atom stereocenters. The number of aliphatic hydroxyl groups is 1. The Labute approximate surface area is 163 Å². The highest BCUT2D eigenvalue weighted by atomic mass is 16.5. The number of aromatic amines is 1. The van der Waals surface area contributed by atoms with Crippen molar-refractivity contribution in [2.24, 2.45) is 0 Å². The summed E-state index contributed by atoms with van der Waals surface area (Å²) >= 11 is 0. The van der Waals surface area contributed by atoms with E-state index >= 15 is 0 Å². The monoisotopic (exact) mass is 380 g/mol. The molecular formula is C21H24N4O3. The first-order valence-corrected chi connectivity index (χ1v) is 9.30. The van der Waals surface area contributed by atoms with Gasteiger partial charge in [0.05, 0.1) is 37.4 Å². The van der Waals surface area contributed by atoms with Crippen LogP contribution in [0, 0.1) is 5.41 Å². The van der Waals surface area contributed by atoms with Crippen molar-refractivity contribution in [3.8, 4) is 11.5 Å². The van der Waals surface area contributed by atoms with Crippen LogP contribution in [-0.2, 0) is 0 Å². The number of hydrogen-bond acceptors (Lipinski definition) is 5. The number of benzene rings is 2. The van der Waals surface area contributed by atoms with Gasteiger partial charge in [-0.05, 0) is 18.6 Å². The number of para-hydroxylation sites is 2.